The fraction of sp³-hybridized carbons (Fsp3) is 0.333. The first kappa shape index (κ1) is 7.56. The van der Waals surface area contributed by atoms with Crippen LogP contribution >= 0.6 is 23.5 Å². The summed E-state index contributed by atoms with van der Waals surface area (Å²) >= 11 is 3.93. The summed E-state index contributed by atoms with van der Waals surface area (Å²) in [5.74, 6) is 0. The van der Waals surface area contributed by atoms with Crippen molar-refractivity contribution >= 4 is 23.5 Å². The van der Waals surface area contributed by atoms with Gasteiger partial charge in [0, 0.05) is 9.79 Å². The second-order valence-corrected chi connectivity index (χ2v) is 5.82. The molecule has 0 aliphatic carbocycles. The molecule has 1 aliphatic rings. The minimum atomic E-state index is 0.701. The SMILES string of the molecule is Cc1ccc2c(c1)SC(C)S2. The number of thioether (sulfide) groups is 2. The molecule has 0 fully saturated rings. The lowest BCUT2D eigenvalue weighted by atomic mass is 10.2. The highest BCUT2D eigenvalue weighted by Crippen LogP contribution is 2.47. The minimum Gasteiger partial charge on any atom is -0.111 e. The van der Waals surface area contributed by atoms with Crippen LogP contribution in [0.1, 0.15) is 12.5 Å². The molecule has 1 aromatic rings. The first-order valence-corrected chi connectivity index (χ1v) is 5.45. The van der Waals surface area contributed by atoms with Crippen molar-refractivity contribution in [3.8, 4) is 0 Å². The quantitative estimate of drug-likeness (QED) is 0.602. The zero-order valence-electron chi connectivity index (χ0n) is 6.63. The van der Waals surface area contributed by atoms with Crippen molar-refractivity contribution in [2.24, 2.45) is 0 Å². The van der Waals surface area contributed by atoms with Crippen LogP contribution in [-0.2, 0) is 0 Å². The van der Waals surface area contributed by atoms with Crippen LogP contribution in [0.25, 0.3) is 0 Å². The van der Waals surface area contributed by atoms with E-state index in [4.69, 9.17) is 0 Å². The summed E-state index contributed by atoms with van der Waals surface area (Å²) in [6.07, 6.45) is 0. The van der Waals surface area contributed by atoms with Crippen LogP contribution in [0.2, 0.25) is 0 Å². The van der Waals surface area contributed by atoms with Crippen LogP contribution in [0.4, 0.5) is 0 Å². The molecule has 2 heteroatoms. The molecule has 0 amide bonds. The van der Waals surface area contributed by atoms with Gasteiger partial charge in [-0.3, -0.25) is 0 Å². The number of fused-ring (bicyclic) bond motifs is 1. The highest BCUT2D eigenvalue weighted by atomic mass is 32.2. The molecule has 1 aromatic carbocycles. The topological polar surface area (TPSA) is 0 Å². The third kappa shape index (κ3) is 1.42. The van der Waals surface area contributed by atoms with E-state index in [1.165, 1.54) is 15.4 Å². The first-order valence-electron chi connectivity index (χ1n) is 3.70. The molecule has 1 atom stereocenters. The first-order chi connectivity index (χ1) is 5.25. The summed E-state index contributed by atoms with van der Waals surface area (Å²) in [5, 5.41) is 0. The van der Waals surface area contributed by atoms with E-state index in [0.29, 0.717) is 4.58 Å². The molecule has 2 rings (SSSR count). The van der Waals surface area contributed by atoms with Crippen molar-refractivity contribution in [2.75, 3.05) is 0 Å². The summed E-state index contributed by atoms with van der Waals surface area (Å²) in [4.78, 5) is 2.91. The van der Waals surface area contributed by atoms with Gasteiger partial charge in [-0.1, -0.05) is 6.07 Å². The van der Waals surface area contributed by atoms with E-state index in [0.717, 1.165) is 0 Å². The number of hydrogen-bond acceptors (Lipinski definition) is 2. The molecule has 1 aliphatic heterocycles. The molecule has 0 radical (unpaired) electrons. The average molecular weight is 182 g/mol. The molecule has 0 spiro atoms. The summed E-state index contributed by atoms with van der Waals surface area (Å²) in [7, 11) is 0. The van der Waals surface area contributed by atoms with Crippen LogP contribution in [-0.4, -0.2) is 4.58 Å². The zero-order valence-corrected chi connectivity index (χ0v) is 8.26. The van der Waals surface area contributed by atoms with E-state index < -0.39 is 0 Å². The monoisotopic (exact) mass is 182 g/mol. The lowest BCUT2D eigenvalue weighted by Crippen LogP contribution is -1.75. The van der Waals surface area contributed by atoms with E-state index in [-0.39, 0.29) is 0 Å². The molecular weight excluding hydrogens is 172 g/mol. The molecule has 1 heterocycles. The Morgan fingerprint density at radius 1 is 1.18 bits per heavy atom. The van der Waals surface area contributed by atoms with Crippen molar-refractivity contribution in [1.82, 2.24) is 0 Å². The van der Waals surface area contributed by atoms with Crippen LogP contribution in [0.15, 0.2) is 28.0 Å². The molecule has 0 saturated carbocycles. The van der Waals surface area contributed by atoms with Gasteiger partial charge in [0.15, 0.2) is 0 Å². The number of aryl methyl sites for hydroxylation is 1. The number of rotatable bonds is 0. The Hall–Kier alpha value is -0.0800. The van der Waals surface area contributed by atoms with Gasteiger partial charge in [0.05, 0.1) is 4.58 Å². The van der Waals surface area contributed by atoms with Crippen LogP contribution in [0.3, 0.4) is 0 Å². The van der Waals surface area contributed by atoms with Gasteiger partial charge in [-0.15, -0.1) is 23.5 Å². The van der Waals surface area contributed by atoms with Crippen LogP contribution in [0, 0.1) is 6.92 Å². The maximum atomic E-state index is 2.27. The van der Waals surface area contributed by atoms with Crippen molar-refractivity contribution < 1.29 is 0 Å². The van der Waals surface area contributed by atoms with Crippen molar-refractivity contribution in [2.45, 2.75) is 28.2 Å². The summed E-state index contributed by atoms with van der Waals surface area (Å²) in [5.41, 5.74) is 1.37. The Bertz CT molecular complexity index is 281. The Kier molecular flexibility index (Phi) is 1.90. The van der Waals surface area contributed by atoms with Gasteiger partial charge < -0.3 is 0 Å². The smallest absolute Gasteiger partial charge is 0.0569 e. The normalized spacial score (nSPS) is 21.8. The van der Waals surface area contributed by atoms with E-state index in [2.05, 4.69) is 32.0 Å². The van der Waals surface area contributed by atoms with Crippen molar-refractivity contribution in [1.29, 1.82) is 0 Å². The Balaban J connectivity index is 2.43. The van der Waals surface area contributed by atoms with E-state index >= 15 is 0 Å². The van der Waals surface area contributed by atoms with E-state index in [1.807, 2.05) is 23.5 Å². The second-order valence-electron chi connectivity index (χ2n) is 2.75. The Morgan fingerprint density at radius 3 is 2.73 bits per heavy atom. The Labute approximate surface area is 75.8 Å². The maximum absolute atomic E-state index is 2.27. The third-order valence-corrected chi connectivity index (χ3v) is 4.26. The summed E-state index contributed by atoms with van der Waals surface area (Å²) in [6, 6.07) is 6.69. The minimum absolute atomic E-state index is 0.701. The summed E-state index contributed by atoms with van der Waals surface area (Å²) < 4.78 is 0.701. The molecule has 0 N–H and O–H groups in total. The van der Waals surface area contributed by atoms with Crippen molar-refractivity contribution in [3.05, 3.63) is 23.8 Å². The average Bonchev–Trinajstić information content (AvgIpc) is 2.27. The van der Waals surface area contributed by atoms with Crippen molar-refractivity contribution in [3.63, 3.8) is 0 Å². The van der Waals surface area contributed by atoms with Gasteiger partial charge in [0.1, 0.15) is 0 Å². The molecule has 58 valence electrons. The standard InChI is InChI=1S/C9H10S2/c1-6-3-4-8-9(5-6)11-7(2)10-8/h3-5,7H,1-2H3. The lowest BCUT2D eigenvalue weighted by Gasteiger charge is -1.96. The third-order valence-electron chi connectivity index (χ3n) is 1.69. The number of hydrogen-bond donors (Lipinski definition) is 0. The molecule has 0 aromatic heterocycles. The van der Waals surface area contributed by atoms with Gasteiger partial charge in [0.25, 0.3) is 0 Å². The van der Waals surface area contributed by atoms with Gasteiger partial charge in [-0.2, -0.15) is 0 Å². The van der Waals surface area contributed by atoms with Crippen LogP contribution < -0.4 is 0 Å². The van der Waals surface area contributed by atoms with Gasteiger partial charge in [-0.25, -0.2) is 0 Å². The molecule has 0 saturated heterocycles. The van der Waals surface area contributed by atoms with E-state index in [1.54, 1.807) is 0 Å². The molecule has 1 unspecified atom stereocenters. The summed E-state index contributed by atoms with van der Waals surface area (Å²) in [6.45, 7) is 4.40. The van der Waals surface area contributed by atoms with Gasteiger partial charge in [-0.05, 0) is 31.5 Å². The second kappa shape index (κ2) is 2.76. The fourth-order valence-electron chi connectivity index (χ4n) is 1.19. The van der Waals surface area contributed by atoms with E-state index in [9.17, 15) is 0 Å². The number of benzene rings is 1. The van der Waals surface area contributed by atoms with Gasteiger partial charge in [0.2, 0.25) is 0 Å². The largest absolute Gasteiger partial charge is 0.111 e. The van der Waals surface area contributed by atoms with Gasteiger partial charge >= 0.3 is 0 Å². The molecule has 0 nitrogen and oxygen atoms in total. The zero-order chi connectivity index (χ0) is 7.84. The predicted molar refractivity (Wildman–Crippen MR) is 52.4 cm³/mol. The highest BCUT2D eigenvalue weighted by molar-refractivity contribution is 8.19. The lowest BCUT2D eigenvalue weighted by molar-refractivity contribution is 1.23. The fourth-order valence-corrected chi connectivity index (χ4v) is 3.76. The van der Waals surface area contributed by atoms with Crippen LogP contribution in [0.5, 0.6) is 0 Å². The molecular formula is C9H10S2. The Morgan fingerprint density at radius 2 is 1.91 bits per heavy atom. The maximum Gasteiger partial charge on any atom is 0.0569 e. The molecule has 0 bridgehead atoms. The predicted octanol–water partition coefficient (Wildman–Crippen LogP) is 3.54. The molecule has 11 heavy (non-hydrogen) atoms. The highest BCUT2D eigenvalue weighted by Gasteiger charge is 2.18.